The van der Waals surface area contributed by atoms with Crippen molar-refractivity contribution in [2.75, 3.05) is 38.0 Å². The first-order valence-electron chi connectivity index (χ1n) is 7.72. The van der Waals surface area contributed by atoms with Gasteiger partial charge in [-0.3, -0.25) is 14.6 Å². The van der Waals surface area contributed by atoms with Gasteiger partial charge in [0.1, 0.15) is 0 Å². The second-order valence-electron chi connectivity index (χ2n) is 5.94. The number of nitrogens with one attached hydrogen (secondary N) is 1. The van der Waals surface area contributed by atoms with E-state index in [9.17, 15) is 4.79 Å². The van der Waals surface area contributed by atoms with Crippen LogP contribution in [0.25, 0.3) is 0 Å². The van der Waals surface area contributed by atoms with Crippen molar-refractivity contribution in [1.29, 1.82) is 0 Å². The largest absolute Gasteiger partial charge is 0.326 e. The van der Waals surface area contributed by atoms with Crippen LogP contribution in [0, 0.1) is 0 Å². The van der Waals surface area contributed by atoms with Gasteiger partial charge < -0.3 is 5.32 Å². The zero-order chi connectivity index (χ0) is 14.7. The highest BCUT2D eigenvalue weighted by molar-refractivity contribution is 6.30. The van der Waals surface area contributed by atoms with Gasteiger partial charge in [-0.05, 0) is 37.6 Å². The van der Waals surface area contributed by atoms with E-state index < -0.39 is 0 Å². The molecule has 5 heteroatoms. The molecule has 1 aromatic rings. The lowest BCUT2D eigenvalue weighted by molar-refractivity contribution is -0.116. The van der Waals surface area contributed by atoms with Gasteiger partial charge in [-0.15, -0.1) is 0 Å². The minimum atomic E-state index is 0.0612. The molecular formula is C16H22ClN3O. The van der Waals surface area contributed by atoms with Crippen LogP contribution in [-0.4, -0.2) is 54.5 Å². The van der Waals surface area contributed by atoms with Crippen LogP contribution in [0.5, 0.6) is 0 Å². The standard InChI is InChI=1S/C16H22ClN3O/c17-13-3-1-4-14(11-13)18-16(21)6-8-19-9-10-20-7-2-5-15(20)12-19/h1,3-4,11,15H,2,5-10,12H2,(H,18,21)/t15-/m1/s1. The van der Waals surface area contributed by atoms with Gasteiger partial charge in [0.25, 0.3) is 0 Å². The molecular weight excluding hydrogens is 286 g/mol. The summed E-state index contributed by atoms with van der Waals surface area (Å²) in [5, 5.41) is 3.55. The van der Waals surface area contributed by atoms with Crippen molar-refractivity contribution >= 4 is 23.2 Å². The third-order valence-electron chi connectivity index (χ3n) is 4.43. The predicted molar refractivity (Wildman–Crippen MR) is 85.7 cm³/mol. The molecule has 0 aromatic heterocycles. The highest BCUT2D eigenvalue weighted by Gasteiger charge is 2.30. The summed E-state index contributed by atoms with van der Waals surface area (Å²) in [4.78, 5) is 17.0. The molecule has 2 saturated heterocycles. The molecule has 0 unspecified atom stereocenters. The zero-order valence-electron chi connectivity index (χ0n) is 12.2. The number of benzene rings is 1. The van der Waals surface area contributed by atoms with E-state index in [1.807, 2.05) is 12.1 Å². The Balaban J connectivity index is 1.43. The average Bonchev–Trinajstić information content (AvgIpc) is 2.92. The van der Waals surface area contributed by atoms with E-state index >= 15 is 0 Å². The van der Waals surface area contributed by atoms with Gasteiger partial charge in [-0.2, -0.15) is 0 Å². The van der Waals surface area contributed by atoms with E-state index in [0.717, 1.165) is 37.9 Å². The molecule has 0 bridgehead atoms. The zero-order valence-corrected chi connectivity index (χ0v) is 13.0. The van der Waals surface area contributed by atoms with Crippen molar-refractivity contribution in [3.63, 3.8) is 0 Å². The monoisotopic (exact) mass is 307 g/mol. The van der Waals surface area contributed by atoms with Gasteiger partial charge in [-0.1, -0.05) is 17.7 Å². The number of amides is 1. The molecule has 2 heterocycles. The van der Waals surface area contributed by atoms with E-state index in [1.165, 1.54) is 19.4 Å². The van der Waals surface area contributed by atoms with Crippen LogP contribution in [0.2, 0.25) is 5.02 Å². The second-order valence-corrected chi connectivity index (χ2v) is 6.38. The second kappa shape index (κ2) is 6.77. The van der Waals surface area contributed by atoms with Crippen LogP contribution < -0.4 is 5.32 Å². The topological polar surface area (TPSA) is 35.6 Å². The molecule has 4 nitrogen and oxygen atoms in total. The molecule has 1 aromatic carbocycles. The molecule has 1 amide bonds. The van der Waals surface area contributed by atoms with E-state index in [4.69, 9.17) is 11.6 Å². The minimum Gasteiger partial charge on any atom is -0.326 e. The summed E-state index contributed by atoms with van der Waals surface area (Å²) in [6.07, 6.45) is 3.18. The lowest BCUT2D eigenvalue weighted by atomic mass is 10.1. The number of piperazine rings is 1. The first-order chi connectivity index (χ1) is 10.2. The third kappa shape index (κ3) is 3.96. The lowest BCUT2D eigenvalue weighted by Gasteiger charge is -2.37. The van der Waals surface area contributed by atoms with Crippen LogP contribution in [0.3, 0.4) is 0 Å². The predicted octanol–water partition coefficient (Wildman–Crippen LogP) is 2.45. The maximum atomic E-state index is 12.0. The molecule has 0 radical (unpaired) electrons. The number of carbonyl (C=O) groups excluding carboxylic acids is 1. The highest BCUT2D eigenvalue weighted by atomic mass is 35.5. The Hall–Kier alpha value is -1.10. The molecule has 3 rings (SSSR count). The van der Waals surface area contributed by atoms with E-state index in [2.05, 4.69) is 15.1 Å². The van der Waals surface area contributed by atoms with Crippen molar-refractivity contribution in [2.45, 2.75) is 25.3 Å². The van der Waals surface area contributed by atoms with Crippen LogP contribution >= 0.6 is 11.6 Å². The van der Waals surface area contributed by atoms with Crippen LogP contribution in [0.15, 0.2) is 24.3 Å². The summed E-state index contributed by atoms with van der Waals surface area (Å²) in [6, 6.07) is 8.00. The van der Waals surface area contributed by atoms with Crippen molar-refractivity contribution in [3.05, 3.63) is 29.3 Å². The maximum absolute atomic E-state index is 12.0. The SMILES string of the molecule is O=C(CCN1CCN2CCC[C@@H]2C1)Nc1cccc(Cl)c1. The van der Waals surface area contributed by atoms with E-state index in [-0.39, 0.29) is 5.91 Å². The number of hydrogen-bond donors (Lipinski definition) is 1. The first-order valence-corrected chi connectivity index (χ1v) is 8.10. The molecule has 0 aliphatic carbocycles. The van der Waals surface area contributed by atoms with Crippen LogP contribution in [0.4, 0.5) is 5.69 Å². The fourth-order valence-electron chi connectivity index (χ4n) is 3.31. The molecule has 1 atom stereocenters. The Labute approximate surface area is 131 Å². The fraction of sp³-hybridized carbons (Fsp3) is 0.562. The Kier molecular flexibility index (Phi) is 4.78. The molecule has 2 fully saturated rings. The molecule has 0 saturated carbocycles. The Morgan fingerprint density at radius 3 is 3.10 bits per heavy atom. The molecule has 2 aliphatic rings. The van der Waals surface area contributed by atoms with Gasteiger partial charge in [0.05, 0.1) is 0 Å². The van der Waals surface area contributed by atoms with Crippen LogP contribution in [0.1, 0.15) is 19.3 Å². The summed E-state index contributed by atoms with van der Waals surface area (Å²) in [5.41, 5.74) is 0.771. The average molecular weight is 308 g/mol. The number of fused-ring (bicyclic) bond motifs is 1. The number of carbonyl (C=O) groups is 1. The molecule has 1 N–H and O–H groups in total. The fourth-order valence-corrected chi connectivity index (χ4v) is 3.50. The number of halogens is 1. The summed E-state index contributed by atoms with van der Waals surface area (Å²) in [5.74, 6) is 0.0612. The van der Waals surface area contributed by atoms with Gasteiger partial charge in [0.2, 0.25) is 5.91 Å². The Bertz CT molecular complexity index is 508. The summed E-state index contributed by atoms with van der Waals surface area (Å²) >= 11 is 5.91. The van der Waals surface area contributed by atoms with E-state index in [0.29, 0.717) is 11.4 Å². The van der Waals surface area contributed by atoms with Gasteiger partial charge in [-0.25, -0.2) is 0 Å². The number of rotatable bonds is 4. The third-order valence-corrected chi connectivity index (χ3v) is 4.67. The first kappa shape index (κ1) is 14.8. The molecule has 114 valence electrons. The number of hydrogen-bond acceptors (Lipinski definition) is 3. The number of anilines is 1. The van der Waals surface area contributed by atoms with Crippen molar-refractivity contribution in [1.82, 2.24) is 9.80 Å². The van der Waals surface area contributed by atoms with Crippen molar-refractivity contribution in [3.8, 4) is 0 Å². The summed E-state index contributed by atoms with van der Waals surface area (Å²) in [6.45, 7) is 5.45. The number of nitrogens with zero attached hydrogens (tertiary/aromatic N) is 2. The van der Waals surface area contributed by atoms with E-state index in [1.54, 1.807) is 12.1 Å². The molecule has 0 spiro atoms. The quantitative estimate of drug-likeness (QED) is 0.928. The Morgan fingerprint density at radius 2 is 2.24 bits per heavy atom. The summed E-state index contributed by atoms with van der Waals surface area (Å²) < 4.78 is 0. The Morgan fingerprint density at radius 1 is 1.33 bits per heavy atom. The molecule has 2 aliphatic heterocycles. The van der Waals surface area contributed by atoms with Crippen LogP contribution in [-0.2, 0) is 4.79 Å². The lowest BCUT2D eigenvalue weighted by Crippen LogP contribution is -2.50. The van der Waals surface area contributed by atoms with Gasteiger partial charge in [0.15, 0.2) is 0 Å². The normalized spacial score (nSPS) is 23.0. The van der Waals surface area contributed by atoms with Gasteiger partial charge >= 0.3 is 0 Å². The smallest absolute Gasteiger partial charge is 0.225 e. The highest BCUT2D eigenvalue weighted by Crippen LogP contribution is 2.21. The minimum absolute atomic E-state index is 0.0612. The van der Waals surface area contributed by atoms with Crippen molar-refractivity contribution < 1.29 is 4.79 Å². The van der Waals surface area contributed by atoms with Gasteiger partial charge in [0, 0.05) is 49.4 Å². The summed E-state index contributed by atoms with van der Waals surface area (Å²) in [7, 11) is 0. The molecule has 21 heavy (non-hydrogen) atoms. The maximum Gasteiger partial charge on any atom is 0.225 e. The van der Waals surface area contributed by atoms with Crippen molar-refractivity contribution in [2.24, 2.45) is 0 Å².